The zero-order valence-corrected chi connectivity index (χ0v) is 9.98. The van der Waals surface area contributed by atoms with Gasteiger partial charge in [0.2, 0.25) is 0 Å². The van der Waals surface area contributed by atoms with Crippen LogP contribution in [-0.2, 0) is 18.3 Å². The Morgan fingerprint density at radius 2 is 2.56 bits per heavy atom. The molecule has 1 unspecified atom stereocenters. The van der Waals surface area contributed by atoms with Gasteiger partial charge in [-0.25, -0.2) is 4.98 Å². The molecule has 1 aliphatic heterocycles. The fourth-order valence-corrected chi connectivity index (χ4v) is 2.09. The molecule has 4 heteroatoms. The first-order valence-corrected chi connectivity index (χ1v) is 6.15. The highest BCUT2D eigenvalue weighted by atomic mass is 16.5. The van der Waals surface area contributed by atoms with Crippen molar-refractivity contribution in [1.29, 1.82) is 0 Å². The second kappa shape index (κ2) is 6.01. The van der Waals surface area contributed by atoms with Crippen LogP contribution in [0.15, 0.2) is 12.4 Å². The smallest absolute Gasteiger partial charge is 0.122 e. The molecule has 1 aromatic rings. The van der Waals surface area contributed by atoms with Crippen molar-refractivity contribution in [2.75, 3.05) is 13.2 Å². The van der Waals surface area contributed by atoms with Gasteiger partial charge in [0.1, 0.15) is 5.82 Å². The van der Waals surface area contributed by atoms with Crippen molar-refractivity contribution >= 4 is 0 Å². The largest absolute Gasteiger partial charge is 0.378 e. The summed E-state index contributed by atoms with van der Waals surface area (Å²) in [5, 5.41) is 3.41. The maximum atomic E-state index is 5.58. The molecule has 0 aromatic carbocycles. The minimum atomic E-state index is 0.523. The van der Waals surface area contributed by atoms with Gasteiger partial charge in [-0.15, -0.1) is 0 Å². The molecule has 1 aliphatic rings. The maximum absolute atomic E-state index is 5.58. The summed E-state index contributed by atoms with van der Waals surface area (Å²) < 4.78 is 7.63. The van der Waals surface area contributed by atoms with E-state index in [9.17, 15) is 0 Å². The number of hydrogen-bond acceptors (Lipinski definition) is 3. The number of ether oxygens (including phenoxy) is 1. The molecule has 4 nitrogen and oxygen atoms in total. The molecule has 1 saturated heterocycles. The summed E-state index contributed by atoms with van der Waals surface area (Å²) in [5.41, 5.74) is 0. The van der Waals surface area contributed by atoms with Crippen LogP contribution in [0.25, 0.3) is 0 Å². The number of imidazole rings is 1. The van der Waals surface area contributed by atoms with Crippen molar-refractivity contribution in [2.45, 2.75) is 38.3 Å². The number of rotatable bonds is 6. The van der Waals surface area contributed by atoms with Gasteiger partial charge in [0.25, 0.3) is 0 Å². The minimum absolute atomic E-state index is 0.523. The van der Waals surface area contributed by atoms with Crippen molar-refractivity contribution in [2.24, 2.45) is 7.05 Å². The molecule has 0 amide bonds. The Kier molecular flexibility index (Phi) is 4.36. The number of hydrogen-bond donors (Lipinski definition) is 1. The van der Waals surface area contributed by atoms with Crippen molar-refractivity contribution in [3.05, 3.63) is 18.2 Å². The lowest BCUT2D eigenvalue weighted by molar-refractivity contribution is 0.102. The fourth-order valence-electron chi connectivity index (χ4n) is 2.09. The Morgan fingerprint density at radius 1 is 1.62 bits per heavy atom. The first kappa shape index (κ1) is 11.6. The average molecular weight is 223 g/mol. The van der Waals surface area contributed by atoms with E-state index in [1.54, 1.807) is 0 Å². The van der Waals surface area contributed by atoms with E-state index >= 15 is 0 Å². The van der Waals surface area contributed by atoms with Gasteiger partial charge in [-0.3, -0.25) is 0 Å². The Balaban J connectivity index is 1.53. The summed E-state index contributed by atoms with van der Waals surface area (Å²) in [6, 6.07) is 0. The first-order chi connectivity index (χ1) is 7.86. The monoisotopic (exact) mass is 223 g/mol. The van der Waals surface area contributed by atoms with Crippen molar-refractivity contribution in [1.82, 2.24) is 14.9 Å². The molecule has 16 heavy (non-hydrogen) atoms. The van der Waals surface area contributed by atoms with E-state index < -0.39 is 0 Å². The van der Waals surface area contributed by atoms with Crippen LogP contribution in [0.4, 0.5) is 0 Å². The van der Waals surface area contributed by atoms with E-state index in [0.29, 0.717) is 6.10 Å². The highest BCUT2D eigenvalue weighted by molar-refractivity contribution is 4.90. The third-order valence-corrected chi connectivity index (χ3v) is 3.11. The van der Waals surface area contributed by atoms with Crippen LogP contribution >= 0.6 is 0 Å². The van der Waals surface area contributed by atoms with Crippen molar-refractivity contribution in [3.8, 4) is 0 Å². The van der Waals surface area contributed by atoms with Gasteiger partial charge in [-0.1, -0.05) is 0 Å². The molecular weight excluding hydrogens is 202 g/mol. The van der Waals surface area contributed by atoms with E-state index in [-0.39, 0.29) is 0 Å². The molecule has 0 bridgehead atoms. The number of aromatic nitrogens is 2. The third-order valence-electron chi connectivity index (χ3n) is 3.11. The van der Waals surface area contributed by atoms with Gasteiger partial charge in [-0.05, 0) is 32.2 Å². The summed E-state index contributed by atoms with van der Waals surface area (Å²) in [5.74, 6) is 1.09. The molecule has 90 valence electrons. The quantitative estimate of drug-likeness (QED) is 0.742. The van der Waals surface area contributed by atoms with E-state index in [1.165, 1.54) is 25.7 Å². The lowest BCUT2D eigenvalue weighted by Gasteiger charge is -2.09. The first-order valence-electron chi connectivity index (χ1n) is 6.15. The van der Waals surface area contributed by atoms with Gasteiger partial charge in [0.05, 0.1) is 12.6 Å². The Morgan fingerprint density at radius 3 is 3.25 bits per heavy atom. The number of aryl methyl sites for hydroxylation is 1. The van der Waals surface area contributed by atoms with Crippen LogP contribution < -0.4 is 5.32 Å². The highest BCUT2D eigenvalue weighted by Gasteiger charge is 2.14. The predicted octanol–water partition coefficient (Wildman–Crippen LogP) is 1.47. The van der Waals surface area contributed by atoms with Gasteiger partial charge < -0.3 is 14.6 Å². The summed E-state index contributed by atoms with van der Waals surface area (Å²) in [6.07, 6.45) is 9.20. The van der Waals surface area contributed by atoms with E-state index in [4.69, 9.17) is 4.74 Å². The topological polar surface area (TPSA) is 39.1 Å². The van der Waals surface area contributed by atoms with Crippen LogP contribution in [0.3, 0.4) is 0 Å². The van der Waals surface area contributed by atoms with E-state index in [1.807, 2.05) is 24.0 Å². The SMILES string of the molecule is Cn1ccnc1CNCCCC1CCCO1. The zero-order valence-electron chi connectivity index (χ0n) is 9.98. The number of nitrogens with one attached hydrogen (secondary N) is 1. The van der Waals surface area contributed by atoms with Gasteiger partial charge in [0.15, 0.2) is 0 Å². The molecule has 1 atom stereocenters. The van der Waals surface area contributed by atoms with Gasteiger partial charge in [-0.2, -0.15) is 0 Å². The second-order valence-electron chi connectivity index (χ2n) is 4.41. The highest BCUT2D eigenvalue weighted by Crippen LogP contribution is 2.16. The summed E-state index contributed by atoms with van der Waals surface area (Å²) in [6.45, 7) is 2.87. The van der Waals surface area contributed by atoms with Crippen LogP contribution in [0, 0.1) is 0 Å². The normalized spacial score (nSPS) is 20.4. The van der Waals surface area contributed by atoms with Crippen molar-refractivity contribution in [3.63, 3.8) is 0 Å². The van der Waals surface area contributed by atoms with Crippen LogP contribution in [0.1, 0.15) is 31.5 Å². The predicted molar refractivity (Wildman–Crippen MR) is 63.1 cm³/mol. The minimum Gasteiger partial charge on any atom is -0.378 e. The molecule has 0 saturated carbocycles. The summed E-state index contributed by atoms with van der Waals surface area (Å²) in [7, 11) is 2.02. The van der Waals surface area contributed by atoms with Gasteiger partial charge in [0, 0.05) is 26.0 Å². The lowest BCUT2D eigenvalue weighted by Crippen LogP contribution is -2.18. The summed E-state index contributed by atoms with van der Waals surface area (Å²) >= 11 is 0. The Hall–Kier alpha value is -0.870. The van der Waals surface area contributed by atoms with E-state index in [2.05, 4.69) is 10.3 Å². The van der Waals surface area contributed by atoms with Crippen LogP contribution in [0.2, 0.25) is 0 Å². The Bertz CT molecular complexity index is 305. The Labute approximate surface area is 97.0 Å². The third kappa shape index (κ3) is 3.32. The van der Waals surface area contributed by atoms with Crippen LogP contribution in [0.5, 0.6) is 0 Å². The lowest BCUT2D eigenvalue weighted by atomic mass is 10.1. The molecule has 2 rings (SSSR count). The second-order valence-corrected chi connectivity index (χ2v) is 4.41. The number of nitrogens with zero attached hydrogens (tertiary/aromatic N) is 2. The molecule has 1 aromatic heterocycles. The molecule has 1 fully saturated rings. The van der Waals surface area contributed by atoms with E-state index in [0.717, 1.165) is 25.5 Å². The standard InChI is InChI=1S/C12H21N3O/c1-15-8-7-14-12(15)10-13-6-2-4-11-5-3-9-16-11/h7-8,11,13H,2-6,9-10H2,1H3. The molecular formula is C12H21N3O. The molecule has 0 radical (unpaired) electrons. The van der Waals surface area contributed by atoms with Gasteiger partial charge >= 0.3 is 0 Å². The molecule has 0 aliphatic carbocycles. The molecule has 1 N–H and O–H groups in total. The molecule has 2 heterocycles. The van der Waals surface area contributed by atoms with Crippen molar-refractivity contribution < 1.29 is 4.74 Å². The molecule has 0 spiro atoms. The summed E-state index contributed by atoms with van der Waals surface area (Å²) in [4.78, 5) is 4.27. The zero-order chi connectivity index (χ0) is 11.2. The maximum Gasteiger partial charge on any atom is 0.122 e. The van der Waals surface area contributed by atoms with Crippen LogP contribution in [-0.4, -0.2) is 28.8 Å². The fraction of sp³-hybridized carbons (Fsp3) is 0.750. The average Bonchev–Trinajstić information content (AvgIpc) is 2.90.